The first-order valence-electron chi connectivity index (χ1n) is 7.42. The molecule has 1 aromatic carbocycles. The number of carbonyl (C=O) groups excluding carboxylic acids is 2. The topological polar surface area (TPSA) is 108 Å². The molecule has 0 fully saturated rings. The van der Waals surface area contributed by atoms with E-state index in [-0.39, 0.29) is 60.1 Å². The maximum absolute atomic E-state index is 12.3. The monoisotopic (exact) mass is 386 g/mol. The Morgan fingerprint density at radius 1 is 1.04 bits per heavy atom. The molecule has 0 saturated heterocycles. The number of benzene rings is 1. The van der Waals surface area contributed by atoms with Gasteiger partial charge in [0.05, 0.1) is 36.2 Å². The summed E-state index contributed by atoms with van der Waals surface area (Å²) in [7, 11) is 2.42. The molecule has 0 atom stereocenters. The standard InChI is InChI=1S/C17H18N2O6.Ca/c1-9-13(16(20)24-3)15(14(10(2)18-9)17(21)25-4)11-7-5-6-8-12(11)19(22)23;/h5-8,15,18H,1-4H3;/q;+2. The Kier molecular flexibility index (Phi) is 7.80. The maximum Gasteiger partial charge on any atom is 2.00 e. The molecule has 26 heavy (non-hydrogen) atoms. The summed E-state index contributed by atoms with van der Waals surface area (Å²) in [5.41, 5.74) is 1.19. The van der Waals surface area contributed by atoms with E-state index in [0.717, 1.165) is 0 Å². The van der Waals surface area contributed by atoms with Gasteiger partial charge in [0.2, 0.25) is 0 Å². The number of nitrogens with one attached hydrogen (secondary N) is 1. The van der Waals surface area contributed by atoms with Gasteiger partial charge in [0.15, 0.2) is 0 Å². The average molecular weight is 386 g/mol. The van der Waals surface area contributed by atoms with Gasteiger partial charge >= 0.3 is 49.7 Å². The van der Waals surface area contributed by atoms with Crippen molar-refractivity contribution in [3.05, 3.63) is 62.5 Å². The molecule has 1 heterocycles. The molecule has 0 unspecified atom stereocenters. The van der Waals surface area contributed by atoms with Gasteiger partial charge in [-0.15, -0.1) is 0 Å². The Morgan fingerprint density at radius 3 is 1.92 bits per heavy atom. The van der Waals surface area contributed by atoms with Crippen molar-refractivity contribution in [2.24, 2.45) is 0 Å². The Labute approximate surface area is 180 Å². The average Bonchev–Trinajstić information content (AvgIpc) is 2.59. The van der Waals surface area contributed by atoms with Crippen LogP contribution in [0, 0.1) is 10.1 Å². The Balaban J connectivity index is 0.00000338. The maximum atomic E-state index is 12.3. The zero-order chi connectivity index (χ0) is 18.7. The number of nitro groups is 1. The second-order valence-electron chi connectivity index (χ2n) is 5.43. The van der Waals surface area contributed by atoms with E-state index in [0.29, 0.717) is 11.4 Å². The molecule has 0 radical (unpaired) electrons. The number of nitrogens with zero attached hydrogens (tertiary/aromatic N) is 1. The van der Waals surface area contributed by atoms with Crippen LogP contribution in [0.3, 0.4) is 0 Å². The van der Waals surface area contributed by atoms with Gasteiger partial charge in [-0.25, -0.2) is 9.59 Å². The number of esters is 2. The van der Waals surface area contributed by atoms with Crippen molar-refractivity contribution in [2.45, 2.75) is 19.8 Å². The molecular formula is C17H18CaN2O6+2. The molecule has 9 heteroatoms. The largest absolute Gasteiger partial charge is 2.00 e. The van der Waals surface area contributed by atoms with E-state index in [1.807, 2.05) is 0 Å². The Hall–Kier alpha value is -1.90. The van der Waals surface area contributed by atoms with E-state index in [1.54, 1.807) is 19.9 Å². The third kappa shape index (κ3) is 4.08. The normalized spacial score (nSPS) is 14.3. The van der Waals surface area contributed by atoms with Gasteiger partial charge in [-0.05, 0) is 13.8 Å². The molecule has 0 amide bonds. The molecule has 132 valence electrons. The predicted octanol–water partition coefficient (Wildman–Crippen LogP) is 1.79. The SMILES string of the molecule is COC(=O)C1=C(C)NC(C)=C(C(=O)OC)C1c1ccccc1[N+](=O)[O-].[Ca+2]. The van der Waals surface area contributed by atoms with Crippen LogP contribution in [0.5, 0.6) is 0 Å². The zero-order valence-electron chi connectivity index (χ0n) is 15.0. The molecule has 1 aliphatic rings. The number of methoxy groups -OCH3 is 2. The zero-order valence-corrected chi connectivity index (χ0v) is 17.2. The Morgan fingerprint density at radius 2 is 1.50 bits per heavy atom. The first-order valence-corrected chi connectivity index (χ1v) is 7.42. The van der Waals surface area contributed by atoms with E-state index < -0.39 is 22.8 Å². The van der Waals surface area contributed by atoms with E-state index in [4.69, 9.17) is 9.47 Å². The molecule has 1 N–H and O–H groups in total. The summed E-state index contributed by atoms with van der Waals surface area (Å²) in [6, 6.07) is 5.97. The van der Waals surface area contributed by atoms with Crippen LogP contribution in [0.2, 0.25) is 0 Å². The van der Waals surface area contributed by atoms with Crippen LogP contribution in [0.25, 0.3) is 0 Å². The molecule has 1 aromatic rings. The number of dihydropyridines is 1. The molecule has 0 saturated carbocycles. The van der Waals surface area contributed by atoms with E-state index in [1.165, 1.54) is 32.4 Å². The number of carbonyl (C=O) groups is 2. The van der Waals surface area contributed by atoms with Crippen molar-refractivity contribution in [3.63, 3.8) is 0 Å². The fourth-order valence-corrected chi connectivity index (χ4v) is 2.96. The number of hydrogen-bond donors (Lipinski definition) is 1. The molecule has 0 aromatic heterocycles. The minimum atomic E-state index is -0.970. The van der Waals surface area contributed by atoms with Crippen molar-refractivity contribution in [1.29, 1.82) is 0 Å². The number of para-hydroxylation sites is 1. The molecule has 8 nitrogen and oxygen atoms in total. The number of allylic oxidation sites excluding steroid dienone is 2. The van der Waals surface area contributed by atoms with Gasteiger partial charge in [0.25, 0.3) is 5.69 Å². The summed E-state index contributed by atoms with van der Waals surface area (Å²) in [6.45, 7) is 3.29. The fraction of sp³-hybridized carbons (Fsp3) is 0.294. The third-order valence-electron chi connectivity index (χ3n) is 4.02. The second-order valence-corrected chi connectivity index (χ2v) is 5.43. The quantitative estimate of drug-likeness (QED) is 0.364. The van der Waals surface area contributed by atoms with Crippen LogP contribution in [0.1, 0.15) is 25.3 Å². The Bertz CT molecular complexity index is 777. The van der Waals surface area contributed by atoms with Crippen LogP contribution in [0.15, 0.2) is 46.8 Å². The van der Waals surface area contributed by atoms with Gasteiger partial charge in [-0.3, -0.25) is 10.1 Å². The smallest absolute Gasteiger partial charge is 0.466 e. The van der Waals surface area contributed by atoms with Crippen LogP contribution < -0.4 is 5.32 Å². The minimum Gasteiger partial charge on any atom is -0.466 e. The van der Waals surface area contributed by atoms with Crippen molar-refractivity contribution < 1.29 is 24.0 Å². The van der Waals surface area contributed by atoms with Crippen molar-refractivity contribution >= 4 is 55.4 Å². The first kappa shape index (κ1) is 22.1. The predicted molar refractivity (Wildman–Crippen MR) is 94.2 cm³/mol. The minimum absolute atomic E-state index is 0. The molecule has 0 bridgehead atoms. The number of rotatable bonds is 4. The molecule has 1 aliphatic heterocycles. The fourth-order valence-electron chi connectivity index (χ4n) is 2.96. The summed E-state index contributed by atoms with van der Waals surface area (Å²) in [5.74, 6) is -2.33. The number of ether oxygens (including phenoxy) is 2. The van der Waals surface area contributed by atoms with Gasteiger partial charge in [0, 0.05) is 23.0 Å². The van der Waals surface area contributed by atoms with E-state index >= 15 is 0 Å². The van der Waals surface area contributed by atoms with Crippen LogP contribution in [0.4, 0.5) is 5.69 Å². The first-order chi connectivity index (χ1) is 11.8. The third-order valence-corrected chi connectivity index (χ3v) is 4.02. The summed E-state index contributed by atoms with van der Waals surface area (Å²) < 4.78 is 9.66. The molecule has 0 aliphatic carbocycles. The molecular weight excluding hydrogens is 368 g/mol. The van der Waals surface area contributed by atoms with Crippen molar-refractivity contribution in [2.75, 3.05) is 14.2 Å². The van der Waals surface area contributed by atoms with Crippen LogP contribution in [-0.2, 0) is 19.1 Å². The van der Waals surface area contributed by atoms with Crippen molar-refractivity contribution in [3.8, 4) is 0 Å². The van der Waals surface area contributed by atoms with Crippen molar-refractivity contribution in [1.82, 2.24) is 5.32 Å². The summed E-state index contributed by atoms with van der Waals surface area (Å²) in [4.78, 5) is 35.6. The van der Waals surface area contributed by atoms with Crippen LogP contribution in [-0.4, -0.2) is 68.8 Å². The number of hydrogen-bond acceptors (Lipinski definition) is 7. The van der Waals surface area contributed by atoms with E-state index in [9.17, 15) is 19.7 Å². The summed E-state index contributed by atoms with van der Waals surface area (Å²) in [5, 5.41) is 14.4. The molecule has 2 rings (SSSR count). The summed E-state index contributed by atoms with van der Waals surface area (Å²) >= 11 is 0. The van der Waals surface area contributed by atoms with Gasteiger partial charge in [-0.2, -0.15) is 0 Å². The van der Waals surface area contributed by atoms with Crippen LogP contribution >= 0.6 is 0 Å². The number of nitro benzene ring substituents is 1. The van der Waals surface area contributed by atoms with Gasteiger partial charge in [-0.1, -0.05) is 18.2 Å². The second kappa shape index (κ2) is 9.16. The van der Waals surface area contributed by atoms with Gasteiger partial charge in [0.1, 0.15) is 0 Å². The van der Waals surface area contributed by atoms with E-state index in [2.05, 4.69) is 5.32 Å². The molecule has 0 spiro atoms. The summed E-state index contributed by atoms with van der Waals surface area (Å²) in [6.07, 6.45) is 0. The van der Waals surface area contributed by atoms with Gasteiger partial charge < -0.3 is 14.8 Å².